The monoisotopic (exact) mass is 267 g/mol. The smallest absolute Gasteiger partial charge is 0.164 e. The van der Waals surface area contributed by atoms with Crippen molar-refractivity contribution in [2.75, 3.05) is 0 Å². The lowest BCUT2D eigenvalue weighted by Crippen LogP contribution is -2.15. The average molecular weight is 267 g/mol. The van der Waals surface area contributed by atoms with Crippen molar-refractivity contribution >= 4 is 5.78 Å². The van der Waals surface area contributed by atoms with Crippen LogP contribution in [0.2, 0.25) is 0 Å². The van der Waals surface area contributed by atoms with Crippen molar-refractivity contribution in [2.24, 2.45) is 0 Å². The molecule has 0 N–H and O–H groups in total. The standard InChI is InChI=1S/C18H21NO/c1-14(10-11-15-6-3-2-4-7-15)19-13-12-16-17(19)8-5-9-18(16)20/h2-4,6-7,12-14H,5,8-11H2,1H3. The van der Waals surface area contributed by atoms with Crippen molar-refractivity contribution in [3.63, 3.8) is 0 Å². The van der Waals surface area contributed by atoms with Gasteiger partial charge in [-0.05, 0) is 44.2 Å². The maximum absolute atomic E-state index is 11.9. The van der Waals surface area contributed by atoms with Crippen molar-refractivity contribution in [3.05, 3.63) is 59.4 Å². The van der Waals surface area contributed by atoms with Crippen LogP contribution in [0.4, 0.5) is 0 Å². The van der Waals surface area contributed by atoms with Crippen LogP contribution in [0, 0.1) is 0 Å². The molecule has 1 aromatic heterocycles. The molecule has 0 aliphatic heterocycles. The molecule has 3 rings (SSSR count). The van der Waals surface area contributed by atoms with Gasteiger partial charge in [0.1, 0.15) is 0 Å². The third-order valence-corrected chi connectivity index (χ3v) is 4.31. The van der Waals surface area contributed by atoms with E-state index in [-0.39, 0.29) is 0 Å². The van der Waals surface area contributed by atoms with E-state index in [1.807, 2.05) is 6.07 Å². The molecule has 1 aromatic carbocycles. The molecule has 1 heterocycles. The highest BCUT2D eigenvalue weighted by molar-refractivity contribution is 5.98. The number of carbonyl (C=O) groups is 1. The summed E-state index contributed by atoms with van der Waals surface area (Å²) in [4.78, 5) is 11.9. The van der Waals surface area contributed by atoms with E-state index in [9.17, 15) is 4.79 Å². The van der Waals surface area contributed by atoms with Crippen molar-refractivity contribution in [2.45, 2.75) is 45.1 Å². The van der Waals surface area contributed by atoms with Crippen LogP contribution in [-0.2, 0) is 12.8 Å². The molecule has 2 aromatic rings. The van der Waals surface area contributed by atoms with E-state index in [0.29, 0.717) is 11.8 Å². The fraction of sp³-hybridized carbons (Fsp3) is 0.389. The molecule has 0 fully saturated rings. The summed E-state index contributed by atoms with van der Waals surface area (Å²) in [5.41, 5.74) is 3.60. The number of benzene rings is 1. The molecule has 1 atom stereocenters. The Hall–Kier alpha value is -1.83. The molecular formula is C18H21NO. The average Bonchev–Trinajstić information content (AvgIpc) is 2.91. The molecular weight excluding hydrogens is 246 g/mol. The Balaban J connectivity index is 1.72. The number of fused-ring (bicyclic) bond motifs is 1. The van der Waals surface area contributed by atoms with Crippen LogP contribution >= 0.6 is 0 Å². The van der Waals surface area contributed by atoms with Crippen LogP contribution in [0.5, 0.6) is 0 Å². The first kappa shape index (κ1) is 13.2. The molecule has 0 amide bonds. The lowest BCUT2D eigenvalue weighted by molar-refractivity contribution is 0.0971. The second-order valence-corrected chi connectivity index (χ2v) is 5.73. The Labute approximate surface area is 120 Å². The molecule has 0 saturated heterocycles. The molecule has 0 spiro atoms. The Kier molecular flexibility index (Phi) is 3.72. The van der Waals surface area contributed by atoms with Gasteiger partial charge in [0.25, 0.3) is 0 Å². The first-order chi connectivity index (χ1) is 9.75. The van der Waals surface area contributed by atoms with E-state index < -0.39 is 0 Å². The van der Waals surface area contributed by atoms with Gasteiger partial charge in [0.2, 0.25) is 0 Å². The Bertz CT molecular complexity index is 597. The Morgan fingerprint density at radius 3 is 2.75 bits per heavy atom. The number of ketones is 1. The predicted octanol–water partition coefficient (Wildman–Crippen LogP) is 4.20. The number of rotatable bonds is 4. The van der Waals surface area contributed by atoms with Crippen LogP contribution in [0.25, 0.3) is 0 Å². The summed E-state index contributed by atoms with van der Waals surface area (Å²) in [6.07, 6.45) is 7.06. The zero-order valence-electron chi connectivity index (χ0n) is 12.0. The topological polar surface area (TPSA) is 22.0 Å². The molecule has 0 bridgehead atoms. The van der Waals surface area contributed by atoms with Crippen molar-refractivity contribution in [3.8, 4) is 0 Å². The number of hydrogen-bond donors (Lipinski definition) is 0. The summed E-state index contributed by atoms with van der Waals surface area (Å²) in [5.74, 6) is 0.320. The van der Waals surface area contributed by atoms with Gasteiger partial charge in [-0.15, -0.1) is 0 Å². The summed E-state index contributed by atoms with van der Waals surface area (Å²) in [7, 11) is 0. The molecule has 104 valence electrons. The van der Waals surface area contributed by atoms with E-state index in [1.54, 1.807) is 0 Å². The lowest BCUT2D eigenvalue weighted by Gasteiger charge is -2.20. The zero-order valence-corrected chi connectivity index (χ0v) is 12.0. The van der Waals surface area contributed by atoms with Gasteiger partial charge in [-0.25, -0.2) is 0 Å². The third kappa shape index (κ3) is 2.55. The van der Waals surface area contributed by atoms with Gasteiger partial charge in [-0.2, -0.15) is 0 Å². The molecule has 2 heteroatoms. The van der Waals surface area contributed by atoms with Gasteiger partial charge >= 0.3 is 0 Å². The minimum atomic E-state index is 0.320. The molecule has 0 radical (unpaired) electrons. The Morgan fingerprint density at radius 1 is 1.15 bits per heavy atom. The van der Waals surface area contributed by atoms with Crippen LogP contribution in [0.1, 0.15) is 53.8 Å². The second kappa shape index (κ2) is 5.66. The summed E-state index contributed by atoms with van der Waals surface area (Å²) in [6.45, 7) is 2.25. The van der Waals surface area contributed by atoms with Crippen molar-refractivity contribution in [1.82, 2.24) is 4.57 Å². The van der Waals surface area contributed by atoms with Crippen LogP contribution in [-0.4, -0.2) is 10.4 Å². The molecule has 2 nitrogen and oxygen atoms in total. The van der Waals surface area contributed by atoms with Gasteiger partial charge in [-0.1, -0.05) is 30.3 Å². The largest absolute Gasteiger partial charge is 0.348 e. The van der Waals surface area contributed by atoms with E-state index in [4.69, 9.17) is 0 Å². The fourth-order valence-electron chi connectivity index (χ4n) is 3.12. The van der Waals surface area contributed by atoms with E-state index >= 15 is 0 Å². The Morgan fingerprint density at radius 2 is 1.95 bits per heavy atom. The minimum Gasteiger partial charge on any atom is -0.348 e. The van der Waals surface area contributed by atoms with E-state index in [1.165, 1.54) is 11.3 Å². The molecule has 20 heavy (non-hydrogen) atoms. The number of carbonyl (C=O) groups excluding carboxylic acids is 1. The highest BCUT2D eigenvalue weighted by Gasteiger charge is 2.22. The van der Waals surface area contributed by atoms with Gasteiger partial charge in [0.15, 0.2) is 5.78 Å². The number of hydrogen-bond acceptors (Lipinski definition) is 1. The number of aryl methyl sites for hydroxylation is 1. The maximum atomic E-state index is 11.9. The SMILES string of the molecule is CC(CCc1ccccc1)n1ccc2c1CCCC2=O. The van der Waals surface area contributed by atoms with Crippen molar-refractivity contribution < 1.29 is 4.79 Å². The molecule has 1 aliphatic carbocycles. The van der Waals surface area contributed by atoms with Crippen molar-refractivity contribution in [1.29, 1.82) is 0 Å². The van der Waals surface area contributed by atoms with Gasteiger partial charge in [-0.3, -0.25) is 4.79 Å². The third-order valence-electron chi connectivity index (χ3n) is 4.31. The summed E-state index contributed by atoms with van der Waals surface area (Å²) in [5, 5.41) is 0. The zero-order chi connectivity index (χ0) is 13.9. The summed E-state index contributed by atoms with van der Waals surface area (Å²) >= 11 is 0. The number of nitrogens with zero attached hydrogens (tertiary/aromatic N) is 1. The highest BCUT2D eigenvalue weighted by atomic mass is 16.1. The predicted molar refractivity (Wildman–Crippen MR) is 81.2 cm³/mol. The number of Topliss-reactive ketones (excluding diaryl/α,β-unsaturated/α-hetero) is 1. The first-order valence-electron chi connectivity index (χ1n) is 7.52. The minimum absolute atomic E-state index is 0.320. The molecule has 1 aliphatic rings. The van der Waals surface area contributed by atoms with Crippen LogP contribution in [0.3, 0.4) is 0 Å². The highest BCUT2D eigenvalue weighted by Crippen LogP contribution is 2.26. The van der Waals surface area contributed by atoms with Gasteiger partial charge in [0.05, 0.1) is 0 Å². The fourth-order valence-corrected chi connectivity index (χ4v) is 3.12. The first-order valence-corrected chi connectivity index (χ1v) is 7.52. The van der Waals surface area contributed by atoms with E-state index in [2.05, 4.69) is 48.0 Å². The lowest BCUT2D eigenvalue weighted by atomic mass is 9.96. The van der Waals surface area contributed by atoms with Gasteiger partial charge < -0.3 is 4.57 Å². The van der Waals surface area contributed by atoms with E-state index in [0.717, 1.165) is 37.7 Å². The second-order valence-electron chi connectivity index (χ2n) is 5.73. The summed E-state index contributed by atoms with van der Waals surface area (Å²) in [6, 6.07) is 13.1. The van der Waals surface area contributed by atoms with Crippen LogP contribution in [0.15, 0.2) is 42.6 Å². The quantitative estimate of drug-likeness (QED) is 0.813. The summed E-state index contributed by atoms with van der Waals surface area (Å²) < 4.78 is 2.31. The molecule has 0 saturated carbocycles. The molecule has 1 unspecified atom stereocenters. The van der Waals surface area contributed by atoms with Gasteiger partial charge in [0, 0.05) is 29.9 Å². The normalized spacial score (nSPS) is 15.9. The van der Waals surface area contributed by atoms with Crippen LogP contribution < -0.4 is 0 Å². The maximum Gasteiger partial charge on any atom is 0.164 e. The number of aromatic nitrogens is 1.